The highest BCUT2D eigenvalue weighted by atomic mass is 16.6. The molecule has 0 aromatic rings. The Morgan fingerprint density at radius 1 is 0.362 bits per heavy atom. The molecule has 0 aromatic heterocycles. The van der Waals surface area contributed by atoms with Crippen LogP contribution in [0.5, 0.6) is 0 Å². The molecule has 6 heteroatoms. The average molecular weight is 807 g/mol. The van der Waals surface area contributed by atoms with Gasteiger partial charge in [-0.15, -0.1) is 0 Å². The number of hydrogen-bond donors (Lipinski definition) is 0. The van der Waals surface area contributed by atoms with Gasteiger partial charge in [-0.05, 0) is 77.0 Å². The van der Waals surface area contributed by atoms with Crippen molar-refractivity contribution >= 4 is 17.9 Å². The van der Waals surface area contributed by atoms with Gasteiger partial charge in [0.1, 0.15) is 13.2 Å². The van der Waals surface area contributed by atoms with Gasteiger partial charge in [0.15, 0.2) is 6.10 Å². The zero-order chi connectivity index (χ0) is 42.3. The van der Waals surface area contributed by atoms with Crippen molar-refractivity contribution in [3.05, 3.63) is 85.1 Å². The van der Waals surface area contributed by atoms with E-state index in [1.54, 1.807) is 0 Å². The van der Waals surface area contributed by atoms with E-state index in [-0.39, 0.29) is 37.5 Å². The first-order valence-electron chi connectivity index (χ1n) is 23.7. The Morgan fingerprint density at radius 3 is 1.19 bits per heavy atom. The lowest BCUT2D eigenvalue weighted by Gasteiger charge is -2.18. The van der Waals surface area contributed by atoms with Gasteiger partial charge < -0.3 is 14.2 Å². The molecule has 1 unspecified atom stereocenters. The van der Waals surface area contributed by atoms with E-state index in [1.165, 1.54) is 89.9 Å². The number of unbranched alkanes of at least 4 members (excludes halogenated alkanes) is 20. The summed E-state index contributed by atoms with van der Waals surface area (Å²) >= 11 is 0. The first kappa shape index (κ1) is 54.6. The van der Waals surface area contributed by atoms with Crippen molar-refractivity contribution in [1.29, 1.82) is 0 Å². The zero-order valence-electron chi connectivity index (χ0n) is 37.5. The summed E-state index contributed by atoms with van der Waals surface area (Å²) in [7, 11) is 0. The molecule has 0 fully saturated rings. The number of allylic oxidation sites excluding steroid dienone is 14. The molecular formula is C52H86O6. The van der Waals surface area contributed by atoms with Crippen molar-refractivity contribution in [2.24, 2.45) is 0 Å². The van der Waals surface area contributed by atoms with Gasteiger partial charge in [0, 0.05) is 19.3 Å². The maximum absolute atomic E-state index is 12.7. The number of esters is 3. The van der Waals surface area contributed by atoms with Crippen LogP contribution >= 0.6 is 0 Å². The zero-order valence-corrected chi connectivity index (χ0v) is 37.5. The molecule has 0 aliphatic heterocycles. The minimum absolute atomic E-state index is 0.112. The van der Waals surface area contributed by atoms with Crippen LogP contribution in [0, 0.1) is 0 Å². The largest absolute Gasteiger partial charge is 0.462 e. The maximum Gasteiger partial charge on any atom is 0.306 e. The predicted octanol–water partition coefficient (Wildman–Crippen LogP) is 15.3. The van der Waals surface area contributed by atoms with Crippen LogP contribution in [0.25, 0.3) is 0 Å². The Balaban J connectivity index is 4.46. The smallest absolute Gasteiger partial charge is 0.306 e. The van der Waals surface area contributed by atoms with E-state index in [1.807, 2.05) is 54.7 Å². The number of hydrogen-bond acceptors (Lipinski definition) is 6. The van der Waals surface area contributed by atoms with Gasteiger partial charge in [-0.3, -0.25) is 14.4 Å². The summed E-state index contributed by atoms with van der Waals surface area (Å²) in [6, 6.07) is 0. The highest BCUT2D eigenvalue weighted by Crippen LogP contribution is 2.13. The van der Waals surface area contributed by atoms with Crippen LogP contribution in [0.4, 0.5) is 0 Å². The SMILES string of the molecule is CC\C=C/C=C\C=C/C=C\C=C/CCCC(=O)OC(COC(=O)CCCCCC/C=C\CCCC)COC(=O)CCCCCCCCC/C=C\CCCCCCCC. The standard InChI is InChI=1S/C52H86O6/c1-4-7-10-13-16-19-22-24-25-26-27-29-30-33-36-39-42-45-51(54)57-48-49(47-56-50(53)44-41-38-35-32-21-18-15-12-9-6-3)58-52(55)46-43-40-37-34-31-28-23-20-17-14-11-8-5-2/h8,11,14-15,17-18,20,23-25,28,31,34,37,49H,4-7,9-10,12-13,16,19,21-22,26-27,29-30,32-33,35-36,38-48H2,1-3H3/b11-8-,17-14-,18-15-,23-20-,25-24-,31-28-,37-34-. The Hall–Kier alpha value is -3.41. The fourth-order valence-corrected chi connectivity index (χ4v) is 6.15. The second kappa shape index (κ2) is 46.3. The van der Waals surface area contributed by atoms with E-state index in [0.29, 0.717) is 19.3 Å². The molecule has 0 amide bonds. The van der Waals surface area contributed by atoms with Gasteiger partial charge in [-0.1, -0.05) is 196 Å². The number of carbonyl (C=O) groups is 3. The third-order valence-electron chi connectivity index (χ3n) is 9.73. The molecule has 0 aromatic carbocycles. The third kappa shape index (κ3) is 43.7. The first-order valence-corrected chi connectivity index (χ1v) is 23.7. The lowest BCUT2D eigenvalue weighted by molar-refractivity contribution is -0.167. The minimum Gasteiger partial charge on any atom is -0.462 e. The van der Waals surface area contributed by atoms with Crippen molar-refractivity contribution in [2.75, 3.05) is 13.2 Å². The molecule has 0 heterocycles. The van der Waals surface area contributed by atoms with Crippen LogP contribution in [0.15, 0.2) is 85.1 Å². The van der Waals surface area contributed by atoms with Crippen LogP contribution < -0.4 is 0 Å². The second-order valence-electron chi connectivity index (χ2n) is 15.4. The van der Waals surface area contributed by atoms with Gasteiger partial charge in [0.25, 0.3) is 0 Å². The first-order chi connectivity index (χ1) is 28.5. The Bertz CT molecular complexity index is 1160. The van der Waals surface area contributed by atoms with Gasteiger partial charge in [0.2, 0.25) is 0 Å². The van der Waals surface area contributed by atoms with Gasteiger partial charge in [-0.25, -0.2) is 0 Å². The summed E-state index contributed by atoms with van der Waals surface area (Å²) in [4.78, 5) is 37.7. The van der Waals surface area contributed by atoms with Crippen molar-refractivity contribution in [3.8, 4) is 0 Å². The van der Waals surface area contributed by atoms with Crippen LogP contribution in [0.2, 0.25) is 0 Å². The number of carbonyl (C=O) groups excluding carboxylic acids is 3. The summed E-state index contributed by atoms with van der Waals surface area (Å²) in [6.45, 7) is 6.35. The second-order valence-corrected chi connectivity index (χ2v) is 15.4. The lowest BCUT2D eigenvalue weighted by Crippen LogP contribution is -2.30. The Labute approximate surface area is 356 Å². The van der Waals surface area contributed by atoms with Gasteiger partial charge in [-0.2, -0.15) is 0 Å². The maximum atomic E-state index is 12.7. The van der Waals surface area contributed by atoms with E-state index >= 15 is 0 Å². The van der Waals surface area contributed by atoms with Crippen LogP contribution in [0.1, 0.15) is 207 Å². The van der Waals surface area contributed by atoms with Crippen LogP contribution in [-0.4, -0.2) is 37.2 Å². The predicted molar refractivity (Wildman–Crippen MR) is 247 cm³/mol. The Kier molecular flexibility index (Phi) is 43.6. The molecule has 0 saturated heterocycles. The Morgan fingerprint density at radius 2 is 0.724 bits per heavy atom. The van der Waals surface area contributed by atoms with Crippen molar-refractivity contribution < 1.29 is 28.6 Å². The van der Waals surface area contributed by atoms with Gasteiger partial charge in [0.05, 0.1) is 0 Å². The molecule has 0 aliphatic rings. The fourth-order valence-electron chi connectivity index (χ4n) is 6.15. The van der Waals surface area contributed by atoms with Crippen LogP contribution in [-0.2, 0) is 28.6 Å². The summed E-state index contributed by atoms with van der Waals surface area (Å²) in [6.07, 6.45) is 58.6. The summed E-state index contributed by atoms with van der Waals surface area (Å²) in [5, 5.41) is 0. The molecule has 0 saturated carbocycles. The molecule has 6 nitrogen and oxygen atoms in total. The summed E-state index contributed by atoms with van der Waals surface area (Å²) in [5.74, 6) is -1.01. The topological polar surface area (TPSA) is 78.9 Å². The molecule has 1 atom stereocenters. The molecule has 330 valence electrons. The molecule has 0 rings (SSSR count). The number of rotatable bonds is 41. The van der Waals surface area contributed by atoms with Crippen LogP contribution in [0.3, 0.4) is 0 Å². The molecule has 0 N–H and O–H groups in total. The number of ether oxygens (including phenoxy) is 3. The molecule has 0 aliphatic carbocycles. The van der Waals surface area contributed by atoms with E-state index in [0.717, 1.165) is 70.6 Å². The summed E-state index contributed by atoms with van der Waals surface area (Å²) < 4.78 is 16.6. The molecular weight excluding hydrogens is 721 g/mol. The highest BCUT2D eigenvalue weighted by molar-refractivity contribution is 5.71. The normalized spacial score (nSPS) is 12.8. The van der Waals surface area contributed by atoms with Crippen molar-refractivity contribution in [2.45, 2.75) is 213 Å². The monoisotopic (exact) mass is 807 g/mol. The molecule has 0 bridgehead atoms. The van der Waals surface area contributed by atoms with E-state index in [9.17, 15) is 14.4 Å². The third-order valence-corrected chi connectivity index (χ3v) is 9.73. The highest BCUT2D eigenvalue weighted by Gasteiger charge is 2.19. The molecule has 0 radical (unpaired) electrons. The van der Waals surface area contributed by atoms with E-state index < -0.39 is 6.10 Å². The fraction of sp³-hybridized carbons (Fsp3) is 0.673. The average Bonchev–Trinajstić information content (AvgIpc) is 3.22. The minimum atomic E-state index is -0.818. The summed E-state index contributed by atoms with van der Waals surface area (Å²) in [5.41, 5.74) is 0. The van der Waals surface area contributed by atoms with Crippen molar-refractivity contribution in [1.82, 2.24) is 0 Å². The van der Waals surface area contributed by atoms with Gasteiger partial charge >= 0.3 is 17.9 Å². The lowest BCUT2D eigenvalue weighted by atomic mass is 10.1. The quantitative estimate of drug-likeness (QED) is 0.0201. The van der Waals surface area contributed by atoms with E-state index in [2.05, 4.69) is 51.2 Å². The van der Waals surface area contributed by atoms with E-state index in [4.69, 9.17) is 14.2 Å². The molecule has 0 spiro atoms. The van der Waals surface area contributed by atoms with Crippen molar-refractivity contribution in [3.63, 3.8) is 0 Å². The molecule has 58 heavy (non-hydrogen) atoms.